The van der Waals surface area contributed by atoms with Gasteiger partial charge in [0.25, 0.3) is 0 Å². The highest BCUT2D eigenvalue weighted by Gasteiger charge is 2.20. The average Bonchev–Trinajstić information content (AvgIpc) is 2.37. The van der Waals surface area contributed by atoms with Crippen LogP contribution in [0.3, 0.4) is 0 Å². The number of aromatic nitrogens is 1. The maximum absolute atomic E-state index is 11.1. The molecular formula is C15H19NO3. The fourth-order valence-corrected chi connectivity index (χ4v) is 2.25. The smallest absolute Gasteiger partial charge is 0.341 e. The summed E-state index contributed by atoms with van der Waals surface area (Å²) >= 11 is 0. The first-order chi connectivity index (χ1) is 9.08. The third-order valence-electron chi connectivity index (χ3n) is 3.60. The van der Waals surface area contributed by atoms with E-state index in [0.717, 1.165) is 18.5 Å². The van der Waals surface area contributed by atoms with Gasteiger partial charge in [-0.25, -0.2) is 4.79 Å². The summed E-state index contributed by atoms with van der Waals surface area (Å²) in [4.78, 5) is 15.1. The minimum absolute atomic E-state index is 0.129. The molecule has 0 amide bonds. The molecule has 2 rings (SSSR count). The van der Waals surface area contributed by atoms with Gasteiger partial charge in [0.2, 0.25) is 0 Å². The number of aryl methyl sites for hydroxylation is 1. The van der Waals surface area contributed by atoms with Crippen LogP contribution in [0.15, 0.2) is 24.4 Å². The SMILES string of the molecule is Cc1cc(OCC2CC=CCC2C)c(C(=O)O)cn1. The molecule has 0 fully saturated rings. The molecule has 4 nitrogen and oxygen atoms in total. The summed E-state index contributed by atoms with van der Waals surface area (Å²) in [6.45, 7) is 4.58. The Hall–Kier alpha value is -1.84. The molecule has 2 unspecified atom stereocenters. The Kier molecular flexibility index (Phi) is 4.20. The van der Waals surface area contributed by atoms with Crippen molar-refractivity contribution in [1.82, 2.24) is 4.98 Å². The molecule has 1 aliphatic rings. The summed E-state index contributed by atoms with van der Waals surface area (Å²) in [5.74, 6) is 0.433. The molecule has 1 aromatic heterocycles. The molecule has 19 heavy (non-hydrogen) atoms. The lowest BCUT2D eigenvalue weighted by Gasteiger charge is -2.25. The van der Waals surface area contributed by atoms with Crippen LogP contribution in [-0.2, 0) is 0 Å². The standard InChI is InChI=1S/C15H19NO3/c1-10-5-3-4-6-12(10)9-19-14-7-11(2)16-8-13(14)15(17)18/h3-4,7-8,10,12H,5-6,9H2,1-2H3,(H,17,18). The first-order valence-corrected chi connectivity index (χ1v) is 6.55. The van der Waals surface area contributed by atoms with Crippen LogP contribution in [0.4, 0.5) is 0 Å². The van der Waals surface area contributed by atoms with Gasteiger partial charge in [-0.3, -0.25) is 4.98 Å². The van der Waals surface area contributed by atoms with Gasteiger partial charge < -0.3 is 9.84 Å². The average molecular weight is 261 g/mol. The maximum atomic E-state index is 11.1. The number of ether oxygens (including phenoxy) is 1. The molecule has 0 bridgehead atoms. The van der Waals surface area contributed by atoms with Crippen molar-refractivity contribution >= 4 is 5.97 Å². The topological polar surface area (TPSA) is 59.4 Å². The van der Waals surface area contributed by atoms with Gasteiger partial charge in [-0.2, -0.15) is 0 Å². The van der Waals surface area contributed by atoms with Crippen molar-refractivity contribution in [3.8, 4) is 5.75 Å². The van der Waals surface area contributed by atoms with Gasteiger partial charge in [-0.1, -0.05) is 19.1 Å². The van der Waals surface area contributed by atoms with Crippen molar-refractivity contribution < 1.29 is 14.6 Å². The molecule has 1 heterocycles. The Morgan fingerprint density at radius 3 is 2.89 bits per heavy atom. The number of nitrogens with zero attached hydrogens (tertiary/aromatic N) is 1. The molecule has 1 aromatic rings. The molecule has 0 aliphatic heterocycles. The van der Waals surface area contributed by atoms with E-state index < -0.39 is 5.97 Å². The highest BCUT2D eigenvalue weighted by Crippen LogP contribution is 2.27. The van der Waals surface area contributed by atoms with Crippen LogP contribution >= 0.6 is 0 Å². The Balaban J connectivity index is 2.08. The Bertz CT molecular complexity index is 496. The van der Waals surface area contributed by atoms with Crippen molar-refractivity contribution in [1.29, 1.82) is 0 Å². The normalized spacial score (nSPS) is 22.2. The second-order valence-electron chi connectivity index (χ2n) is 5.12. The molecule has 2 atom stereocenters. The predicted molar refractivity (Wildman–Crippen MR) is 72.5 cm³/mol. The molecule has 1 aliphatic carbocycles. The van der Waals surface area contributed by atoms with E-state index in [4.69, 9.17) is 9.84 Å². The largest absolute Gasteiger partial charge is 0.492 e. The number of allylic oxidation sites excluding steroid dienone is 2. The Morgan fingerprint density at radius 1 is 1.47 bits per heavy atom. The van der Waals surface area contributed by atoms with Crippen molar-refractivity contribution in [2.75, 3.05) is 6.61 Å². The van der Waals surface area contributed by atoms with E-state index in [1.807, 2.05) is 6.92 Å². The number of aromatic carboxylic acids is 1. The lowest BCUT2D eigenvalue weighted by atomic mass is 9.85. The molecule has 0 spiro atoms. The summed E-state index contributed by atoms with van der Waals surface area (Å²) in [5.41, 5.74) is 0.890. The molecule has 0 saturated carbocycles. The van der Waals surface area contributed by atoms with Crippen molar-refractivity contribution in [3.63, 3.8) is 0 Å². The molecule has 0 saturated heterocycles. The molecular weight excluding hydrogens is 242 g/mol. The van der Waals surface area contributed by atoms with E-state index in [-0.39, 0.29) is 5.56 Å². The van der Waals surface area contributed by atoms with E-state index in [0.29, 0.717) is 24.2 Å². The quantitative estimate of drug-likeness (QED) is 0.846. The van der Waals surface area contributed by atoms with E-state index >= 15 is 0 Å². The summed E-state index contributed by atoms with van der Waals surface area (Å²) in [6, 6.07) is 1.69. The highest BCUT2D eigenvalue weighted by atomic mass is 16.5. The van der Waals surface area contributed by atoms with Crippen LogP contribution < -0.4 is 4.74 Å². The zero-order chi connectivity index (χ0) is 13.8. The molecule has 1 N–H and O–H groups in total. The van der Waals surface area contributed by atoms with Crippen LogP contribution in [0, 0.1) is 18.8 Å². The number of hydrogen-bond donors (Lipinski definition) is 1. The minimum Gasteiger partial charge on any atom is -0.492 e. The van der Waals surface area contributed by atoms with E-state index in [9.17, 15) is 4.79 Å². The van der Waals surface area contributed by atoms with Gasteiger partial charge in [-0.05, 0) is 31.6 Å². The number of pyridine rings is 1. The van der Waals surface area contributed by atoms with Gasteiger partial charge >= 0.3 is 5.97 Å². The number of rotatable bonds is 4. The predicted octanol–water partition coefficient (Wildman–Crippen LogP) is 3.07. The molecule has 102 valence electrons. The third-order valence-corrected chi connectivity index (χ3v) is 3.60. The first kappa shape index (κ1) is 13.6. The van der Waals surface area contributed by atoms with E-state index in [1.54, 1.807) is 6.07 Å². The minimum atomic E-state index is -1.00. The lowest BCUT2D eigenvalue weighted by Crippen LogP contribution is -2.21. The fraction of sp³-hybridized carbons (Fsp3) is 0.467. The van der Waals surface area contributed by atoms with Gasteiger partial charge in [0.1, 0.15) is 11.3 Å². The second-order valence-corrected chi connectivity index (χ2v) is 5.12. The second kappa shape index (κ2) is 5.87. The van der Waals surface area contributed by atoms with Gasteiger partial charge in [0.05, 0.1) is 6.61 Å². The number of carboxylic acids is 1. The highest BCUT2D eigenvalue weighted by molar-refractivity contribution is 5.90. The van der Waals surface area contributed by atoms with Gasteiger partial charge in [-0.15, -0.1) is 0 Å². The summed E-state index contributed by atoms with van der Waals surface area (Å²) in [7, 11) is 0. The molecule has 4 heteroatoms. The van der Waals surface area contributed by atoms with Gasteiger partial charge in [0, 0.05) is 18.0 Å². The van der Waals surface area contributed by atoms with Crippen molar-refractivity contribution in [2.45, 2.75) is 26.7 Å². The summed E-state index contributed by atoms with van der Waals surface area (Å²) in [6.07, 6.45) is 7.78. The van der Waals surface area contributed by atoms with E-state index in [1.165, 1.54) is 6.20 Å². The monoisotopic (exact) mass is 261 g/mol. The first-order valence-electron chi connectivity index (χ1n) is 6.55. The fourth-order valence-electron chi connectivity index (χ4n) is 2.25. The van der Waals surface area contributed by atoms with Crippen LogP contribution in [0.2, 0.25) is 0 Å². The third kappa shape index (κ3) is 3.34. The maximum Gasteiger partial charge on any atom is 0.341 e. The Morgan fingerprint density at radius 2 is 2.21 bits per heavy atom. The summed E-state index contributed by atoms with van der Waals surface area (Å²) in [5, 5.41) is 9.11. The van der Waals surface area contributed by atoms with Crippen molar-refractivity contribution in [2.24, 2.45) is 11.8 Å². The summed E-state index contributed by atoms with van der Waals surface area (Å²) < 4.78 is 5.73. The molecule has 0 aromatic carbocycles. The van der Waals surface area contributed by atoms with Gasteiger partial charge in [0.15, 0.2) is 0 Å². The zero-order valence-electron chi connectivity index (χ0n) is 11.3. The van der Waals surface area contributed by atoms with Crippen LogP contribution in [-0.4, -0.2) is 22.7 Å². The van der Waals surface area contributed by atoms with Crippen molar-refractivity contribution in [3.05, 3.63) is 35.7 Å². The molecule has 0 radical (unpaired) electrons. The lowest BCUT2D eigenvalue weighted by molar-refractivity contribution is 0.0690. The van der Waals surface area contributed by atoms with Crippen LogP contribution in [0.5, 0.6) is 5.75 Å². The number of hydrogen-bond acceptors (Lipinski definition) is 3. The van der Waals surface area contributed by atoms with Crippen LogP contribution in [0.1, 0.15) is 35.8 Å². The Labute approximate surface area is 113 Å². The number of carbonyl (C=O) groups is 1. The van der Waals surface area contributed by atoms with Crippen LogP contribution in [0.25, 0.3) is 0 Å². The number of carboxylic acid groups (broad SMARTS) is 1. The zero-order valence-corrected chi connectivity index (χ0v) is 11.3. The van der Waals surface area contributed by atoms with E-state index in [2.05, 4.69) is 24.1 Å².